The molecule has 1 N–H and O–H groups in total. The van der Waals surface area contributed by atoms with E-state index in [0.717, 1.165) is 28.9 Å². The second-order valence-electron chi connectivity index (χ2n) is 6.11. The van der Waals surface area contributed by atoms with Crippen LogP contribution < -0.4 is 5.32 Å². The van der Waals surface area contributed by atoms with E-state index in [-0.39, 0.29) is 12.1 Å². The summed E-state index contributed by atoms with van der Waals surface area (Å²) in [5.41, 5.74) is 4.38. The number of nitriles is 1. The van der Waals surface area contributed by atoms with Crippen LogP contribution in [-0.4, -0.2) is 27.4 Å². The monoisotopic (exact) mass is 345 g/mol. The van der Waals surface area contributed by atoms with Gasteiger partial charge in [0.1, 0.15) is 18.0 Å². The average molecular weight is 346 g/mol. The van der Waals surface area contributed by atoms with E-state index >= 15 is 0 Å². The summed E-state index contributed by atoms with van der Waals surface area (Å²) in [6.07, 6.45) is 2.31. The van der Waals surface area contributed by atoms with Gasteiger partial charge in [0.05, 0.1) is 22.3 Å². The molecule has 0 saturated carbocycles. The molecule has 2 atom stereocenters. The molecule has 0 radical (unpaired) electrons. The standard InChI is InChI=1S/C17H20ClN5O/c1-9-12(7-19)17(20-8-13(9)18)21-14-5-6-24-16(14)15-10(2)22-23(4)11(15)3/h8,14,16H,5-6H2,1-4H3,(H,20,21)/t14-,16-/m0/s1. The lowest BCUT2D eigenvalue weighted by atomic mass is 10.00. The van der Waals surface area contributed by atoms with Crippen LogP contribution in [0.2, 0.25) is 5.02 Å². The zero-order chi connectivity index (χ0) is 17.4. The van der Waals surface area contributed by atoms with Crippen LogP contribution >= 0.6 is 11.6 Å². The fourth-order valence-electron chi connectivity index (χ4n) is 3.23. The summed E-state index contributed by atoms with van der Waals surface area (Å²) in [4.78, 5) is 4.31. The van der Waals surface area contributed by atoms with Gasteiger partial charge in [-0.05, 0) is 32.8 Å². The Hall–Kier alpha value is -2.10. The molecule has 0 spiro atoms. The summed E-state index contributed by atoms with van der Waals surface area (Å²) in [6.45, 7) is 6.52. The first kappa shape index (κ1) is 16.7. The molecule has 3 rings (SSSR count). The largest absolute Gasteiger partial charge is 0.371 e. The van der Waals surface area contributed by atoms with E-state index in [4.69, 9.17) is 16.3 Å². The minimum absolute atomic E-state index is 0.0341. The molecule has 0 aliphatic carbocycles. The van der Waals surface area contributed by atoms with Crippen molar-refractivity contribution in [3.63, 3.8) is 0 Å². The number of ether oxygens (including phenoxy) is 1. The van der Waals surface area contributed by atoms with Gasteiger partial charge in [0.2, 0.25) is 0 Å². The molecule has 24 heavy (non-hydrogen) atoms. The second-order valence-corrected chi connectivity index (χ2v) is 6.51. The number of pyridine rings is 1. The topological polar surface area (TPSA) is 75.8 Å². The number of aromatic nitrogens is 3. The molecule has 0 unspecified atom stereocenters. The van der Waals surface area contributed by atoms with E-state index in [0.29, 0.717) is 23.0 Å². The van der Waals surface area contributed by atoms with Gasteiger partial charge in [-0.1, -0.05) is 11.6 Å². The Bertz CT molecular complexity index is 823. The third kappa shape index (κ3) is 2.74. The Morgan fingerprint density at radius 1 is 1.42 bits per heavy atom. The first-order chi connectivity index (χ1) is 11.4. The van der Waals surface area contributed by atoms with Crippen LogP contribution in [0.15, 0.2) is 6.20 Å². The number of hydrogen-bond donors (Lipinski definition) is 1. The summed E-state index contributed by atoms with van der Waals surface area (Å²) in [7, 11) is 1.93. The van der Waals surface area contributed by atoms with Crippen molar-refractivity contribution in [2.45, 2.75) is 39.3 Å². The fourth-order valence-corrected chi connectivity index (χ4v) is 3.37. The van der Waals surface area contributed by atoms with Gasteiger partial charge >= 0.3 is 0 Å². The minimum atomic E-state index is -0.108. The van der Waals surface area contributed by atoms with E-state index in [1.807, 2.05) is 32.5 Å². The van der Waals surface area contributed by atoms with Gasteiger partial charge in [0.25, 0.3) is 0 Å². The van der Waals surface area contributed by atoms with Crippen LogP contribution in [0.25, 0.3) is 0 Å². The van der Waals surface area contributed by atoms with Crippen molar-refractivity contribution in [3.8, 4) is 6.07 Å². The molecular weight excluding hydrogens is 326 g/mol. The van der Waals surface area contributed by atoms with Crippen LogP contribution in [0.5, 0.6) is 0 Å². The molecule has 3 heterocycles. The Labute approximate surface area is 146 Å². The first-order valence-corrected chi connectivity index (χ1v) is 8.25. The van der Waals surface area contributed by atoms with Crippen molar-refractivity contribution in [1.82, 2.24) is 14.8 Å². The lowest BCUT2D eigenvalue weighted by Gasteiger charge is -2.22. The highest BCUT2D eigenvalue weighted by molar-refractivity contribution is 6.31. The lowest BCUT2D eigenvalue weighted by molar-refractivity contribution is 0.106. The number of anilines is 1. The summed E-state index contributed by atoms with van der Waals surface area (Å²) in [5, 5.41) is 17.8. The molecule has 0 amide bonds. The third-order valence-electron chi connectivity index (χ3n) is 4.65. The van der Waals surface area contributed by atoms with Crippen LogP contribution in [0, 0.1) is 32.1 Å². The van der Waals surface area contributed by atoms with Crippen LogP contribution in [-0.2, 0) is 11.8 Å². The van der Waals surface area contributed by atoms with Crippen molar-refractivity contribution in [2.75, 3.05) is 11.9 Å². The maximum atomic E-state index is 9.44. The van der Waals surface area contributed by atoms with Crippen LogP contribution in [0.4, 0.5) is 5.82 Å². The number of rotatable bonds is 3. The van der Waals surface area contributed by atoms with E-state index in [1.165, 1.54) is 0 Å². The van der Waals surface area contributed by atoms with E-state index in [9.17, 15) is 5.26 Å². The molecule has 0 aromatic carbocycles. The highest BCUT2D eigenvalue weighted by atomic mass is 35.5. The van der Waals surface area contributed by atoms with Crippen LogP contribution in [0.1, 0.15) is 40.6 Å². The highest BCUT2D eigenvalue weighted by Gasteiger charge is 2.34. The maximum Gasteiger partial charge on any atom is 0.144 e. The molecule has 1 saturated heterocycles. The minimum Gasteiger partial charge on any atom is -0.371 e. The normalized spacial score (nSPS) is 20.2. The summed E-state index contributed by atoms with van der Waals surface area (Å²) in [6, 6.07) is 2.23. The molecule has 1 fully saturated rings. The second kappa shape index (κ2) is 6.42. The Balaban J connectivity index is 1.93. The number of halogens is 1. The zero-order valence-electron chi connectivity index (χ0n) is 14.2. The van der Waals surface area contributed by atoms with Gasteiger partial charge in [-0.25, -0.2) is 4.98 Å². The molecule has 1 aliphatic heterocycles. The molecule has 1 aliphatic rings. The van der Waals surface area contributed by atoms with Crippen molar-refractivity contribution in [1.29, 1.82) is 5.26 Å². The SMILES string of the molecule is Cc1nn(C)c(C)c1[C@H]1OCC[C@@H]1Nc1ncc(Cl)c(C)c1C#N. The highest BCUT2D eigenvalue weighted by Crippen LogP contribution is 2.35. The predicted molar refractivity (Wildman–Crippen MR) is 92.1 cm³/mol. The third-order valence-corrected chi connectivity index (χ3v) is 5.03. The molecule has 6 nitrogen and oxygen atoms in total. The van der Waals surface area contributed by atoms with E-state index in [1.54, 1.807) is 6.20 Å². The van der Waals surface area contributed by atoms with Gasteiger partial charge in [0.15, 0.2) is 0 Å². The van der Waals surface area contributed by atoms with E-state index < -0.39 is 0 Å². The van der Waals surface area contributed by atoms with Gasteiger partial charge in [0, 0.05) is 31.1 Å². The summed E-state index contributed by atoms with van der Waals surface area (Å²) in [5.74, 6) is 0.555. The Morgan fingerprint density at radius 3 is 2.79 bits per heavy atom. The zero-order valence-corrected chi connectivity index (χ0v) is 15.0. The predicted octanol–water partition coefficient (Wildman–Crippen LogP) is 3.21. The van der Waals surface area contributed by atoms with E-state index in [2.05, 4.69) is 21.5 Å². The molecule has 126 valence electrons. The summed E-state index contributed by atoms with van der Waals surface area (Å²) >= 11 is 6.07. The van der Waals surface area contributed by atoms with Gasteiger partial charge in [-0.3, -0.25) is 4.68 Å². The van der Waals surface area contributed by atoms with Crippen molar-refractivity contribution in [2.24, 2.45) is 7.05 Å². The Morgan fingerprint density at radius 2 is 2.17 bits per heavy atom. The molecular formula is C17H20ClN5O. The summed E-state index contributed by atoms with van der Waals surface area (Å²) < 4.78 is 7.84. The maximum absolute atomic E-state index is 9.44. The van der Waals surface area contributed by atoms with Gasteiger partial charge in [-0.15, -0.1) is 0 Å². The van der Waals surface area contributed by atoms with Gasteiger partial charge in [-0.2, -0.15) is 10.4 Å². The number of aryl methyl sites for hydroxylation is 2. The molecule has 0 bridgehead atoms. The quantitative estimate of drug-likeness (QED) is 0.924. The molecule has 7 heteroatoms. The average Bonchev–Trinajstić information content (AvgIpc) is 3.08. The smallest absolute Gasteiger partial charge is 0.144 e. The number of hydrogen-bond acceptors (Lipinski definition) is 5. The van der Waals surface area contributed by atoms with Gasteiger partial charge < -0.3 is 10.1 Å². The number of nitrogens with zero attached hydrogens (tertiary/aromatic N) is 4. The van der Waals surface area contributed by atoms with Crippen LogP contribution in [0.3, 0.4) is 0 Å². The van der Waals surface area contributed by atoms with Crippen molar-refractivity contribution < 1.29 is 4.74 Å². The lowest BCUT2D eigenvalue weighted by Crippen LogP contribution is -2.25. The molecule has 2 aromatic rings. The van der Waals surface area contributed by atoms with Crippen molar-refractivity contribution in [3.05, 3.63) is 39.3 Å². The Kier molecular flexibility index (Phi) is 4.48. The molecule has 2 aromatic heterocycles. The first-order valence-electron chi connectivity index (χ1n) is 7.87. The van der Waals surface area contributed by atoms with Crippen molar-refractivity contribution >= 4 is 17.4 Å². The fraction of sp³-hybridized carbons (Fsp3) is 0.471. The number of nitrogens with one attached hydrogen (secondary N) is 1.